The normalized spacial score (nSPS) is 10.0. The molecule has 6 nitrogen and oxygen atoms in total. The SMILES string of the molecule is COc1ccccc1NC(=O)NCCC(=O)OC(C)C. The molecule has 0 aliphatic rings. The molecule has 2 N–H and O–H groups in total. The fourth-order valence-electron chi connectivity index (χ4n) is 1.51. The first-order valence-corrected chi connectivity index (χ1v) is 6.40. The van der Waals surface area contributed by atoms with E-state index in [0.29, 0.717) is 11.4 Å². The van der Waals surface area contributed by atoms with Crippen LogP contribution in [0.1, 0.15) is 20.3 Å². The maximum atomic E-state index is 11.7. The number of esters is 1. The summed E-state index contributed by atoms with van der Waals surface area (Å²) in [5.74, 6) is 0.236. The molecule has 1 aromatic rings. The quantitative estimate of drug-likeness (QED) is 0.783. The van der Waals surface area contributed by atoms with Crippen LogP contribution in [-0.4, -0.2) is 31.8 Å². The molecule has 0 bridgehead atoms. The van der Waals surface area contributed by atoms with E-state index in [4.69, 9.17) is 9.47 Å². The number of hydrogen-bond donors (Lipinski definition) is 2. The smallest absolute Gasteiger partial charge is 0.319 e. The Labute approximate surface area is 118 Å². The van der Waals surface area contributed by atoms with Crippen molar-refractivity contribution in [3.05, 3.63) is 24.3 Å². The predicted molar refractivity (Wildman–Crippen MR) is 75.9 cm³/mol. The number of carbonyl (C=O) groups excluding carboxylic acids is 2. The molecule has 20 heavy (non-hydrogen) atoms. The van der Waals surface area contributed by atoms with Gasteiger partial charge in [-0.25, -0.2) is 4.79 Å². The van der Waals surface area contributed by atoms with E-state index in [-0.39, 0.29) is 25.0 Å². The minimum Gasteiger partial charge on any atom is -0.495 e. The van der Waals surface area contributed by atoms with E-state index >= 15 is 0 Å². The molecule has 0 spiro atoms. The van der Waals surface area contributed by atoms with E-state index in [1.54, 1.807) is 32.0 Å². The number of ether oxygens (including phenoxy) is 2. The lowest BCUT2D eigenvalue weighted by atomic mass is 10.3. The maximum absolute atomic E-state index is 11.7. The maximum Gasteiger partial charge on any atom is 0.319 e. The number of rotatable bonds is 6. The number of para-hydroxylation sites is 2. The van der Waals surface area contributed by atoms with E-state index < -0.39 is 6.03 Å². The molecule has 0 atom stereocenters. The Bertz CT molecular complexity index is 460. The van der Waals surface area contributed by atoms with Crippen molar-refractivity contribution in [1.82, 2.24) is 5.32 Å². The summed E-state index contributed by atoms with van der Waals surface area (Å²) in [4.78, 5) is 22.9. The zero-order valence-electron chi connectivity index (χ0n) is 11.9. The highest BCUT2D eigenvalue weighted by Gasteiger charge is 2.08. The van der Waals surface area contributed by atoms with Gasteiger partial charge in [-0.15, -0.1) is 0 Å². The molecule has 6 heteroatoms. The summed E-state index contributed by atoms with van der Waals surface area (Å²) in [6.45, 7) is 3.77. The number of hydrogen-bond acceptors (Lipinski definition) is 4. The highest BCUT2D eigenvalue weighted by atomic mass is 16.5. The van der Waals surface area contributed by atoms with Crippen molar-refractivity contribution < 1.29 is 19.1 Å². The van der Waals surface area contributed by atoms with Crippen LogP contribution in [-0.2, 0) is 9.53 Å². The van der Waals surface area contributed by atoms with Crippen LogP contribution in [0.5, 0.6) is 5.75 Å². The van der Waals surface area contributed by atoms with Crippen molar-refractivity contribution in [3.8, 4) is 5.75 Å². The second-order valence-corrected chi connectivity index (χ2v) is 4.37. The lowest BCUT2D eigenvalue weighted by Crippen LogP contribution is -2.31. The van der Waals surface area contributed by atoms with Crippen molar-refractivity contribution in [2.45, 2.75) is 26.4 Å². The monoisotopic (exact) mass is 280 g/mol. The van der Waals surface area contributed by atoms with Crippen LogP contribution >= 0.6 is 0 Å². The van der Waals surface area contributed by atoms with Crippen molar-refractivity contribution in [3.63, 3.8) is 0 Å². The Balaban J connectivity index is 2.35. The largest absolute Gasteiger partial charge is 0.495 e. The third-order valence-electron chi connectivity index (χ3n) is 2.34. The molecular formula is C14H20N2O4. The van der Waals surface area contributed by atoms with E-state index in [9.17, 15) is 9.59 Å². The fraction of sp³-hybridized carbons (Fsp3) is 0.429. The van der Waals surface area contributed by atoms with Gasteiger partial charge in [0.05, 0.1) is 25.3 Å². The summed E-state index contributed by atoms with van der Waals surface area (Å²) in [6.07, 6.45) is -0.0118. The lowest BCUT2D eigenvalue weighted by Gasteiger charge is -2.11. The van der Waals surface area contributed by atoms with Crippen LogP contribution in [0.15, 0.2) is 24.3 Å². The highest BCUT2D eigenvalue weighted by Crippen LogP contribution is 2.22. The average molecular weight is 280 g/mol. The molecule has 110 valence electrons. The summed E-state index contributed by atoms with van der Waals surface area (Å²) in [5, 5.41) is 5.23. The van der Waals surface area contributed by atoms with Gasteiger partial charge in [-0.1, -0.05) is 12.1 Å². The molecule has 0 unspecified atom stereocenters. The number of urea groups is 1. The fourth-order valence-corrected chi connectivity index (χ4v) is 1.51. The van der Waals surface area contributed by atoms with Crippen molar-refractivity contribution in [2.24, 2.45) is 0 Å². The number of benzene rings is 1. The Morgan fingerprint density at radius 1 is 1.25 bits per heavy atom. The Hall–Kier alpha value is -2.24. The number of amides is 2. The summed E-state index contributed by atoms with van der Waals surface area (Å²) >= 11 is 0. The first-order chi connectivity index (χ1) is 9.52. The molecule has 2 amide bonds. The van der Waals surface area contributed by atoms with Crippen LogP contribution in [0.4, 0.5) is 10.5 Å². The summed E-state index contributed by atoms with van der Waals surface area (Å²) in [5.41, 5.74) is 0.567. The number of methoxy groups -OCH3 is 1. The third kappa shape index (κ3) is 5.60. The molecule has 0 aliphatic carbocycles. The van der Waals surface area contributed by atoms with Crippen LogP contribution in [0.3, 0.4) is 0 Å². The third-order valence-corrected chi connectivity index (χ3v) is 2.34. The van der Waals surface area contributed by atoms with Gasteiger partial charge in [0.25, 0.3) is 0 Å². The second-order valence-electron chi connectivity index (χ2n) is 4.37. The Kier molecular flexibility index (Phi) is 6.36. The topological polar surface area (TPSA) is 76.7 Å². The van der Waals surface area contributed by atoms with Crippen LogP contribution in [0.2, 0.25) is 0 Å². The predicted octanol–water partition coefficient (Wildman–Crippen LogP) is 2.16. The van der Waals surface area contributed by atoms with Gasteiger partial charge < -0.3 is 20.1 Å². The van der Waals surface area contributed by atoms with Gasteiger partial charge in [-0.05, 0) is 26.0 Å². The van der Waals surface area contributed by atoms with Crippen molar-refractivity contribution in [2.75, 3.05) is 19.0 Å². The average Bonchev–Trinajstić information content (AvgIpc) is 2.38. The Morgan fingerprint density at radius 3 is 2.60 bits per heavy atom. The van der Waals surface area contributed by atoms with Gasteiger partial charge in [0, 0.05) is 6.54 Å². The molecule has 0 heterocycles. The van der Waals surface area contributed by atoms with E-state index in [0.717, 1.165) is 0 Å². The van der Waals surface area contributed by atoms with Gasteiger partial charge in [0.1, 0.15) is 5.75 Å². The van der Waals surface area contributed by atoms with Gasteiger partial charge in [0.2, 0.25) is 0 Å². The molecular weight excluding hydrogens is 260 g/mol. The molecule has 0 saturated carbocycles. The second kappa shape index (κ2) is 8.04. The standard InChI is InChI=1S/C14H20N2O4/c1-10(2)20-13(17)8-9-15-14(18)16-11-6-4-5-7-12(11)19-3/h4-7,10H,8-9H2,1-3H3,(H2,15,16,18). The Morgan fingerprint density at radius 2 is 1.95 bits per heavy atom. The minimum atomic E-state index is -0.396. The first kappa shape index (κ1) is 15.8. The van der Waals surface area contributed by atoms with Crippen LogP contribution in [0.25, 0.3) is 0 Å². The molecule has 0 aromatic heterocycles. The highest BCUT2D eigenvalue weighted by molar-refractivity contribution is 5.91. The molecule has 0 saturated heterocycles. The lowest BCUT2D eigenvalue weighted by molar-refractivity contribution is -0.147. The zero-order valence-corrected chi connectivity index (χ0v) is 11.9. The van der Waals surface area contributed by atoms with Gasteiger partial charge in [-0.3, -0.25) is 4.79 Å². The zero-order chi connectivity index (χ0) is 15.0. The molecule has 0 radical (unpaired) electrons. The molecule has 1 rings (SSSR count). The molecule has 0 fully saturated rings. The van der Waals surface area contributed by atoms with E-state index in [1.807, 2.05) is 6.07 Å². The van der Waals surface area contributed by atoms with E-state index in [1.165, 1.54) is 7.11 Å². The van der Waals surface area contributed by atoms with Crippen LogP contribution in [0, 0.1) is 0 Å². The van der Waals surface area contributed by atoms with Crippen LogP contribution < -0.4 is 15.4 Å². The molecule has 1 aromatic carbocycles. The molecule has 0 aliphatic heterocycles. The summed E-state index contributed by atoms with van der Waals surface area (Å²) in [6, 6.07) is 6.68. The minimum absolute atomic E-state index is 0.136. The van der Waals surface area contributed by atoms with Gasteiger partial charge >= 0.3 is 12.0 Å². The summed E-state index contributed by atoms with van der Waals surface area (Å²) in [7, 11) is 1.53. The van der Waals surface area contributed by atoms with E-state index in [2.05, 4.69) is 10.6 Å². The van der Waals surface area contributed by atoms with Crippen molar-refractivity contribution in [1.29, 1.82) is 0 Å². The first-order valence-electron chi connectivity index (χ1n) is 6.40. The van der Waals surface area contributed by atoms with Gasteiger partial charge in [0.15, 0.2) is 0 Å². The number of carbonyl (C=O) groups is 2. The number of nitrogens with one attached hydrogen (secondary N) is 2. The van der Waals surface area contributed by atoms with Crippen molar-refractivity contribution >= 4 is 17.7 Å². The van der Waals surface area contributed by atoms with Gasteiger partial charge in [-0.2, -0.15) is 0 Å². The summed E-state index contributed by atoms with van der Waals surface area (Å²) < 4.78 is 10.1. The number of anilines is 1.